The van der Waals surface area contributed by atoms with Gasteiger partial charge in [0.15, 0.2) is 0 Å². The van der Waals surface area contributed by atoms with Gasteiger partial charge in [-0.1, -0.05) is 25.3 Å². The molecule has 0 atom stereocenters. The highest BCUT2D eigenvalue weighted by molar-refractivity contribution is 5.47. The van der Waals surface area contributed by atoms with Crippen molar-refractivity contribution in [2.24, 2.45) is 0 Å². The van der Waals surface area contributed by atoms with E-state index in [-0.39, 0.29) is 0 Å². The van der Waals surface area contributed by atoms with Gasteiger partial charge in [-0.15, -0.1) is 0 Å². The first-order valence-electron chi connectivity index (χ1n) is 6.75. The molecule has 3 heteroatoms. The second-order valence-corrected chi connectivity index (χ2v) is 4.81. The van der Waals surface area contributed by atoms with Crippen molar-refractivity contribution in [3.8, 4) is 0 Å². The number of aromatic nitrogens is 1. The summed E-state index contributed by atoms with van der Waals surface area (Å²) in [6, 6.07) is 6.89. The Morgan fingerprint density at radius 3 is 2.76 bits per heavy atom. The van der Waals surface area contributed by atoms with Gasteiger partial charge in [0.25, 0.3) is 0 Å². The van der Waals surface area contributed by atoms with Gasteiger partial charge in [-0.05, 0) is 31.9 Å². The molecule has 1 saturated carbocycles. The molecule has 2 rings (SSSR count). The monoisotopic (exact) mass is 233 g/mol. The highest BCUT2D eigenvalue weighted by Gasteiger charge is 2.19. The minimum atomic E-state index is 0.674. The van der Waals surface area contributed by atoms with E-state index in [1.54, 1.807) is 0 Å². The van der Waals surface area contributed by atoms with E-state index in [0.717, 1.165) is 18.2 Å². The molecule has 0 saturated heterocycles. The highest BCUT2D eigenvalue weighted by atomic mass is 15.2. The van der Waals surface area contributed by atoms with Gasteiger partial charge in [-0.3, -0.25) is 0 Å². The van der Waals surface area contributed by atoms with Crippen molar-refractivity contribution in [1.29, 1.82) is 0 Å². The summed E-state index contributed by atoms with van der Waals surface area (Å²) < 4.78 is 0. The molecule has 0 unspecified atom stereocenters. The van der Waals surface area contributed by atoms with Crippen LogP contribution in [0, 0.1) is 0 Å². The molecular formula is C14H23N3. The van der Waals surface area contributed by atoms with Crippen LogP contribution in [0.15, 0.2) is 18.2 Å². The molecule has 1 heterocycles. The van der Waals surface area contributed by atoms with E-state index in [1.165, 1.54) is 32.1 Å². The summed E-state index contributed by atoms with van der Waals surface area (Å²) in [7, 11) is 2.17. The zero-order valence-corrected chi connectivity index (χ0v) is 10.9. The fourth-order valence-corrected chi connectivity index (χ4v) is 2.55. The van der Waals surface area contributed by atoms with Crippen molar-refractivity contribution in [3.05, 3.63) is 18.2 Å². The van der Waals surface area contributed by atoms with Crippen LogP contribution in [0.1, 0.15) is 39.0 Å². The first-order chi connectivity index (χ1) is 8.31. The SMILES string of the molecule is CCNc1cccc(N(C)C2CCCCC2)n1. The van der Waals surface area contributed by atoms with Crippen molar-refractivity contribution in [2.45, 2.75) is 45.1 Å². The molecule has 1 N–H and O–H groups in total. The summed E-state index contributed by atoms with van der Waals surface area (Å²) in [6.45, 7) is 3.02. The van der Waals surface area contributed by atoms with Crippen LogP contribution in [0.4, 0.5) is 11.6 Å². The molecule has 1 aliphatic rings. The van der Waals surface area contributed by atoms with Crippen LogP contribution in [-0.4, -0.2) is 24.6 Å². The number of nitrogens with one attached hydrogen (secondary N) is 1. The van der Waals surface area contributed by atoms with E-state index in [2.05, 4.69) is 41.3 Å². The summed E-state index contributed by atoms with van der Waals surface area (Å²) in [5, 5.41) is 3.27. The van der Waals surface area contributed by atoms with E-state index in [9.17, 15) is 0 Å². The Bertz CT molecular complexity index is 345. The second kappa shape index (κ2) is 5.89. The lowest BCUT2D eigenvalue weighted by molar-refractivity contribution is 0.426. The smallest absolute Gasteiger partial charge is 0.130 e. The lowest BCUT2D eigenvalue weighted by Crippen LogP contribution is -2.33. The van der Waals surface area contributed by atoms with Crippen molar-refractivity contribution in [3.63, 3.8) is 0 Å². The minimum Gasteiger partial charge on any atom is -0.370 e. The van der Waals surface area contributed by atoms with Gasteiger partial charge >= 0.3 is 0 Å². The molecule has 0 bridgehead atoms. The third-order valence-corrected chi connectivity index (χ3v) is 3.58. The molecule has 1 aromatic heterocycles. The zero-order valence-electron chi connectivity index (χ0n) is 10.9. The molecule has 0 aromatic carbocycles. The lowest BCUT2D eigenvalue weighted by atomic mass is 9.94. The molecule has 0 amide bonds. The molecule has 17 heavy (non-hydrogen) atoms. The molecular weight excluding hydrogens is 210 g/mol. The first kappa shape index (κ1) is 12.2. The average Bonchev–Trinajstić information content (AvgIpc) is 2.40. The minimum absolute atomic E-state index is 0.674. The Kier molecular flexibility index (Phi) is 4.24. The fraction of sp³-hybridized carbons (Fsp3) is 0.643. The normalized spacial score (nSPS) is 16.8. The van der Waals surface area contributed by atoms with Crippen molar-refractivity contribution in [1.82, 2.24) is 4.98 Å². The predicted octanol–water partition coefficient (Wildman–Crippen LogP) is 3.28. The van der Waals surface area contributed by atoms with E-state index in [1.807, 2.05) is 6.07 Å². The summed E-state index contributed by atoms with van der Waals surface area (Å²) in [4.78, 5) is 7.00. The third kappa shape index (κ3) is 3.11. The zero-order chi connectivity index (χ0) is 12.1. The molecule has 0 radical (unpaired) electrons. The summed E-state index contributed by atoms with van der Waals surface area (Å²) in [5.74, 6) is 2.07. The fourth-order valence-electron chi connectivity index (χ4n) is 2.55. The summed E-state index contributed by atoms with van der Waals surface area (Å²) in [6.07, 6.45) is 6.74. The van der Waals surface area contributed by atoms with Crippen LogP contribution in [-0.2, 0) is 0 Å². The first-order valence-corrected chi connectivity index (χ1v) is 6.75. The predicted molar refractivity (Wildman–Crippen MR) is 73.7 cm³/mol. The number of rotatable bonds is 4. The molecule has 0 spiro atoms. The Labute approximate surface area is 104 Å². The Morgan fingerprint density at radius 1 is 1.29 bits per heavy atom. The van der Waals surface area contributed by atoms with Gasteiger partial charge in [0.2, 0.25) is 0 Å². The van der Waals surface area contributed by atoms with E-state index in [4.69, 9.17) is 0 Å². The topological polar surface area (TPSA) is 28.2 Å². The standard InChI is InChI=1S/C14H23N3/c1-3-15-13-10-7-11-14(16-13)17(2)12-8-5-4-6-9-12/h7,10-12H,3-6,8-9H2,1-2H3,(H,15,16). The van der Waals surface area contributed by atoms with Gasteiger partial charge < -0.3 is 10.2 Å². The number of anilines is 2. The lowest BCUT2D eigenvalue weighted by Gasteiger charge is -2.32. The third-order valence-electron chi connectivity index (χ3n) is 3.58. The molecule has 94 valence electrons. The van der Waals surface area contributed by atoms with Gasteiger partial charge in [0, 0.05) is 19.6 Å². The number of nitrogens with zero attached hydrogens (tertiary/aromatic N) is 2. The molecule has 3 nitrogen and oxygen atoms in total. The Morgan fingerprint density at radius 2 is 2.06 bits per heavy atom. The van der Waals surface area contributed by atoms with Gasteiger partial charge in [0.1, 0.15) is 11.6 Å². The number of pyridine rings is 1. The Hall–Kier alpha value is -1.25. The van der Waals surface area contributed by atoms with E-state index in [0.29, 0.717) is 6.04 Å². The van der Waals surface area contributed by atoms with Crippen LogP contribution in [0.5, 0.6) is 0 Å². The van der Waals surface area contributed by atoms with Gasteiger partial charge in [-0.25, -0.2) is 4.98 Å². The average molecular weight is 233 g/mol. The Balaban J connectivity index is 2.06. The summed E-state index contributed by atoms with van der Waals surface area (Å²) >= 11 is 0. The maximum Gasteiger partial charge on any atom is 0.130 e. The van der Waals surface area contributed by atoms with Crippen molar-refractivity contribution < 1.29 is 0 Å². The number of hydrogen-bond acceptors (Lipinski definition) is 3. The molecule has 1 fully saturated rings. The summed E-state index contributed by atoms with van der Waals surface area (Å²) in [5.41, 5.74) is 0. The maximum absolute atomic E-state index is 4.65. The van der Waals surface area contributed by atoms with Crippen molar-refractivity contribution in [2.75, 3.05) is 23.8 Å². The molecule has 1 aliphatic carbocycles. The van der Waals surface area contributed by atoms with Crippen LogP contribution < -0.4 is 10.2 Å². The van der Waals surface area contributed by atoms with Crippen LogP contribution in [0.25, 0.3) is 0 Å². The maximum atomic E-state index is 4.65. The van der Waals surface area contributed by atoms with Gasteiger partial charge in [-0.2, -0.15) is 0 Å². The highest BCUT2D eigenvalue weighted by Crippen LogP contribution is 2.25. The van der Waals surface area contributed by atoms with Crippen LogP contribution >= 0.6 is 0 Å². The van der Waals surface area contributed by atoms with Crippen LogP contribution in [0.3, 0.4) is 0 Å². The van der Waals surface area contributed by atoms with E-state index >= 15 is 0 Å². The van der Waals surface area contributed by atoms with Crippen LogP contribution in [0.2, 0.25) is 0 Å². The van der Waals surface area contributed by atoms with Crippen molar-refractivity contribution >= 4 is 11.6 Å². The number of hydrogen-bond donors (Lipinski definition) is 1. The molecule has 0 aliphatic heterocycles. The van der Waals surface area contributed by atoms with E-state index < -0.39 is 0 Å². The molecule has 1 aromatic rings. The largest absolute Gasteiger partial charge is 0.370 e. The quantitative estimate of drug-likeness (QED) is 0.865. The second-order valence-electron chi connectivity index (χ2n) is 4.81. The van der Waals surface area contributed by atoms with Gasteiger partial charge in [0.05, 0.1) is 0 Å².